The largest absolute Gasteiger partial charge is 0.378 e. The fourth-order valence-corrected chi connectivity index (χ4v) is 3.83. The van der Waals surface area contributed by atoms with E-state index >= 15 is 0 Å². The molecule has 2 aliphatic rings. The van der Waals surface area contributed by atoms with Gasteiger partial charge in [-0.15, -0.1) is 0 Å². The molecule has 0 aliphatic carbocycles. The van der Waals surface area contributed by atoms with Crippen LogP contribution in [0.1, 0.15) is 30.5 Å². The van der Waals surface area contributed by atoms with Crippen LogP contribution in [0.4, 0.5) is 11.4 Å². The van der Waals surface area contributed by atoms with Gasteiger partial charge in [0.1, 0.15) is 18.9 Å². The molecule has 2 unspecified atom stereocenters. The molecule has 4 rings (SSSR count). The lowest BCUT2D eigenvalue weighted by atomic mass is 9.99. The number of carbonyl (C=O) groups excluding carboxylic acids is 2. The second-order valence-electron chi connectivity index (χ2n) is 8.05. The van der Waals surface area contributed by atoms with Gasteiger partial charge < -0.3 is 10.2 Å². The van der Waals surface area contributed by atoms with Gasteiger partial charge in [0, 0.05) is 25.5 Å². The third kappa shape index (κ3) is 4.54. The molecule has 8 nitrogen and oxygen atoms in total. The Morgan fingerprint density at radius 3 is 2.52 bits per heavy atom. The molecule has 2 atom stereocenters. The Bertz CT molecular complexity index is 971. The van der Waals surface area contributed by atoms with Crippen molar-refractivity contribution in [2.45, 2.75) is 31.8 Å². The Kier molecular flexibility index (Phi) is 5.90. The van der Waals surface area contributed by atoms with Crippen molar-refractivity contribution in [3.8, 4) is 0 Å². The number of amides is 2. The van der Waals surface area contributed by atoms with E-state index < -0.39 is 0 Å². The summed E-state index contributed by atoms with van der Waals surface area (Å²) in [5, 5.41) is 10.00. The van der Waals surface area contributed by atoms with Crippen molar-refractivity contribution in [1.29, 1.82) is 0 Å². The zero-order chi connectivity index (χ0) is 22.0. The molecular formula is C23H28N6O2. The lowest BCUT2D eigenvalue weighted by Crippen LogP contribution is -2.52. The van der Waals surface area contributed by atoms with Crippen molar-refractivity contribution in [1.82, 2.24) is 15.4 Å². The van der Waals surface area contributed by atoms with Gasteiger partial charge in [0.05, 0.1) is 6.04 Å². The lowest BCUT2D eigenvalue weighted by Gasteiger charge is -2.29. The van der Waals surface area contributed by atoms with Crippen LogP contribution in [0, 0.1) is 0 Å². The highest BCUT2D eigenvalue weighted by Crippen LogP contribution is 2.29. The molecule has 2 aliphatic heterocycles. The number of nitrogens with one attached hydrogen (secondary N) is 2. The van der Waals surface area contributed by atoms with Crippen molar-refractivity contribution in [3.05, 3.63) is 59.7 Å². The van der Waals surface area contributed by atoms with Crippen LogP contribution in [0.3, 0.4) is 0 Å². The lowest BCUT2D eigenvalue weighted by molar-refractivity contribution is -0.139. The molecule has 2 aromatic carbocycles. The maximum atomic E-state index is 12.9. The van der Waals surface area contributed by atoms with Crippen LogP contribution in [0.2, 0.25) is 0 Å². The first-order valence-corrected chi connectivity index (χ1v) is 10.5. The molecule has 0 saturated carbocycles. The number of fused-ring (bicyclic) bond motifs is 1. The maximum absolute atomic E-state index is 12.9. The Hall–Kier alpha value is -3.39. The van der Waals surface area contributed by atoms with Gasteiger partial charge in [-0.05, 0) is 48.2 Å². The van der Waals surface area contributed by atoms with Gasteiger partial charge in [0.25, 0.3) is 5.91 Å². The van der Waals surface area contributed by atoms with E-state index in [2.05, 4.69) is 47.0 Å². The number of hydrogen-bond acceptors (Lipinski definition) is 6. The van der Waals surface area contributed by atoms with Crippen molar-refractivity contribution >= 4 is 29.5 Å². The average molecular weight is 421 g/mol. The van der Waals surface area contributed by atoms with Crippen LogP contribution in [0.25, 0.3) is 0 Å². The fraction of sp³-hybridized carbons (Fsp3) is 0.348. The van der Waals surface area contributed by atoms with Crippen LogP contribution >= 0.6 is 0 Å². The third-order valence-electron chi connectivity index (χ3n) is 5.71. The van der Waals surface area contributed by atoms with Gasteiger partial charge in [-0.1, -0.05) is 31.2 Å². The standard InChI is InChI=1S/C23H28N6O2/c1-4-16-5-7-17(8-6-16)20-13-21-23(31)28(24-15-29(21)26-20)14-22(30)25-18-9-11-19(12-10-18)27(2)3/h5-12,15,20-21,26H,4,13-14H2,1-3H3,(H,25,30). The van der Waals surface area contributed by atoms with Crippen LogP contribution in [-0.2, 0) is 16.0 Å². The summed E-state index contributed by atoms with van der Waals surface area (Å²) in [6.07, 6.45) is 3.21. The third-order valence-corrected chi connectivity index (χ3v) is 5.71. The van der Waals surface area contributed by atoms with E-state index in [0.717, 1.165) is 17.7 Å². The number of hydrazine groups is 1. The first kappa shape index (κ1) is 20.9. The summed E-state index contributed by atoms with van der Waals surface area (Å²) in [5.74, 6) is -0.463. The summed E-state index contributed by atoms with van der Waals surface area (Å²) in [7, 11) is 3.92. The monoisotopic (exact) mass is 420 g/mol. The molecule has 0 bridgehead atoms. The highest BCUT2D eigenvalue weighted by molar-refractivity contribution is 5.96. The highest BCUT2D eigenvalue weighted by Gasteiger charge is 2.41. The smallest absolute Gasteiger partial charge is 0.267 e. The van der Waals surface area contributed by atoms with Crippen LogP contribution in [0.15, 0.2) is 53.6 Å². The number of hydrogen-bond donors (Lipinski definition) is 2. The number of carbonyl (C=O) groups is 2. The zero-order valence-electron chi connectivity index (χ0n) is 18.1. The van der Waals surface area contributed by atoms with Crippen molar-refractivity contribution in [2.24, 2.45) is 5.10 Å². The number of benzene rings is 2. The number of anilines is 2. The minimum Gasteiger partial charge on any atom is -0.378 e. The van der Waals surface area contributed by atoms with Crippen molar-refractivity contribution in [2.75, 3.05) is 30.9 Å². The molecule has 2 N–H and O–H groups in total. The SMILES string of the molecule is CCc1ccc(C2CC3C(=O)N(CC(=O)Nc4ccc(N(C)C)cc4)N=CN3N2)cc1. The van der Waals surface area contributed by atoms with E-state index in [-0.39, 0.29) is 30.4 Å². The molecule has 2 aromatic rings. The molecule has 0 aromatic heterocycles. The van der Waals surface area contributed by atoms with Crippen molar-refractivity contribution < 1.29 is 9.59 Å². The number of aryl methyl sites for hydroxylation is 1. The molecule has 0 spiro atoms. The van der Waals surface area contributed by atoms with Crippen LogP contribution in [-0.4, -0.2) is 54.9 Å². The maximum Gasteiger partial charge on any atom is 0.267 e. The minimum atomic E-state index is -0.375. The van der Waals surface area contributed by atoms with Gasteiger partial charge in [-0.25, -0.2) is 10.4 Å². The van der Waals surface area contributed by atoms with E-state index in [1.165, 1.54) is 10.6 Å². The van der Waals surface area contributed by atoms with Gasteiger partial charge in [-0.2, -0.15) is 5.10 Å². The molecule has 31 heavy (non-hydrogen) atoms. The van der Waals surface area contributed by atoms with Crippen LogP contribution < -0.4 is 15.6 Å². The van der Waals surface area contributed by atoms with E-state index in [9.17, 15) is 9.59 Å². The molecule has 1 fully saturated rings. The number of hydrazone groups is 1. The van der Waals surface area contributed by atoms with Gasteiger partial charge in [0.15, 0.2) is 0 Å². The summed E-state index contributed by atoms with van der Waals surface area (Å²) in [5.41, 5.74) is 7.48. The molecule has 162 valence electrons. The van der Waals surface area contributed by atoms with E-state index in [4.69, 9.17) is 0 Å². The first-order valence-electron chi connectivity index (χ1n) is 10.5. The summed E-state index contributed by atoms with van der Waals surface area (Å²) in [6, 6.07) is 15.6. The number of rotatable bonds is 6. The number of nitrogens with zero attached hydrogens (tertiary/aromatic N) is 4. The van der Waals surface area contributed by atoms with Crippen LogP contribution in [0.5, 0.6) is 0 Å². The zero-order valence-corrected chi connectivity index (χ0v) is 18.1. The highest BCUT2D eigenvalue weighted by atomic mass is 16.2. The molecule has 0 radical (unpaired) electrons. The predicted molar refractivity (Wildman–Crippen MR) is 122 cm³/mol. The molecular weight excluding hydrogens is 392 g/mol. The predicted octanol–water partition coefficient (Wildman–Crippen LogP) is 2.36. The molecule has 1 saturated heterocycles. The second kappa shape index (κ2) is 8.77. The molecule has 2 heterocycles. The second-order valence-corrected chi connectivity index (χ2v) is 8.05. The summed E-state index contributed by atoms with van der Waals surface area (Å²) in [4.78, 5) is 27.4. The topological polar surface area (TPSA) is 80.3 Å². The first-order chi connectivity index (χ1) is 14.9. The average Bonchev–Trinajstić information content (AvgIpc) is 3.21. The van der Waals surface area contributed by atoms with E-state index in [1.54, 1.807) is 11.3 Å². The molecule has 8 heteroatoms. The Labute approximate surface area is 182 Å². The summed E-state index contributed by atoms with van der Waals surface area (Å²) in [6.45, 7) is 2.01. The van der Waals surface area contributed by atoms with Gasteiger partial charge >= 0.3 is 0 Å². The summed E-state index contributed by atoms with van der Waals surface area (Å²) < 4.78 is 0. The fourth-order valence-electron chi connectivity index (χ4n) is 3.83. The Balaban J connectivity index is 1.36. The van der Waals surface area contributed by atoms with E-state index in [0.29, 0.717) is 12.1 Å². The van der Waals surface area contributed by atoms with Gasteiger partial charge in [-0.3, -0.25) is 14.6 Å². The van der Waals surface area contributed by atoms with Crippen molar-refractivity contribution in [3.63, 3.8) is 0 Å². The van der Waals surface area contributed by atoms with Gasteiger partial charge in [0.2, 0.25) is 5.91 Å². The van der Waals surface area contributed by atoms with E-state index in [1.807, 2.05) is 43.3 Å². The summed E-state index contributed by atoms with van der Waals surface area (Å²) >= 11 is 0. The Morgan fingerprint density at radius 2 is 1.87 bits per heavy atom. The Morgan fingerprint density at radius 1 is 1.16 bits per heavy atom. The quantitative estimate of drug-likeness (QED) is 0.750. The molecule has 2 amide bonds. The normalized spacial score (nSPS) is 20.0. The minimum absolute atomic E-state index is 0.0373.